The Hall–Kier alpha value is -2.36. The standard InChI is InChI=1S/C14H11FO3/c1-9-4-2-5-10(8-9)18-12-7-3-6-11(15)13(12)14(16)17/h2-8H,1H3,(H,16,17). The number of rotatable bonds is 3. The predicted molar refractivity (Wildman–Crippen MR) is 64.6 cm³/mol. The van der Waals surface area contributed by atoms with Gasteiger partial charge in [-0.05, 0) is 36.8 Å². The first kappa shape index (κ1) is 12.1. The van der Waals surface area contributed by atoms with Gasteiger partial charge in [0.15, 0.2) is 0 Å². The fourth-order valence-corrected chi connectivity index (χ4v) is 1.60. The number of aromatic carboxylic acids is 1. The van der Waals surface area contributed by atoms with Crippen molar-refractivity contribution in [1.82, 2.24) is 0 Å². The smallest absolute Gasteiger partial charge is 0.342 e. The molecule has 2 aromatic carbocycles. The summed E-state index contributed by atoms with van der Waals surface area (Å²) in [5.74, 6) is -1.69. The van der Waals surface area contributed by atoms with Gasteiger partial charge in [-0.3, -0.25) is 0 Å². The predicted octanol–water partition coefficient (Wildman–Crippen LogP) is 3.62. The molecule has 0 aliphatic carbocycles. The lowest BCUT2D eigenvalue weighted by atomic mass is 10.2. The van der Waals surface area contributed by atoms with Gasteiger partial charge in [0.05, 0.1) is 0 Å². The number of hydrogen-bond acceptors (Lipinski definition) is 2. The van der Waals surface area contributed by atoms with Crippen LogP contribution in [0.2, 0.25) is 0 Å². The molecule has 0 saturated heterocycles. The largest absolute Gasteiger partial charge is 0.477 e. The third kappa shape index (κ3) is 2.48. The van der Waals surface area contributed by atoms with Crippen molar-refractivity contribution in [1.29, 1.82) is 0 Å². The first-order valence-electron chi connectivity index (χ1n) is 5.34. The zero-order valence-electron chi connectivity index (χ0n) is 9.68. The Balaban J connectivity index is 2.40. The molecule has 1 N–H and O–H groups in total. The average molecular weight is 246 g/mol. The van der Waals surface area contributed by atoms with Crippen molar-refractivity contribution < 1.29 is 19.0 Å². The number of aryl methyl sites for hydroxylation is 1. The molecule has 2 aromatic rings. The minimum absolute atomic E-state index is 0.00639. The van der Waals surface area contributed by atoms with E-state index in [1.165, 1.54) is 12.1 Å². The van der Waals surface area contributed by atoms with Crippen molar-refractivity contribution in [2.45, 2.75) is 6.92 Å². The normalized spacial score (nSPS) is 10.1. The molecule has 0 amide bonds. The van der Waals surface area contributed by atoms with Crippen LogP contribution in [0.4, 0.5) is 4.39 Å². The molecule has 0 heterocycles. The Morgan fingerprint density at radius 3 is 2.61 bits per heavy atom. The summed E-state index contributed by atoms with van der Waals surface area (Å²) in [7, 11) is 0. The summed E-state index contributed by atoms with van der Waals surface area (Å²) in [6.07, 6.45) is 0. The van der Waals surface area contributed by atoms with Gasteiger partial charge in [0.2, 0.25) is 0 Å². The summed E-state index contributed by atoms with van der Waals surface area (Å²) in [6, 6.07) is 11.0. The summed E-state index contributed by atoms with van der Waals surface area (Å²) in [5.41, 5.74) is 0.514. The van der Waals surface area contributed by atoms with Crippen molar-refractivity contribution >= 4 is 5.97 Å². The van der Waals surface area contributed by atoms with Crippen LogP contribution in [0.15, 0.2) is 42.5 Å². The van der Waals surface area contributed by atoms with Crippen molar-refractivity contribution in [3.8, 4) is 11.5 Å². The summed E-state index contributed by atoms with van der Waals surface area (Å²) in [6.45, 7) is 1.89. The average Bonchev–Trinajstić information content (AvgIpc) is 2.28. The van der Waals surface area contributed by atoms with E-state index in [-0.39, 0.29) is 5.75 Å². The molecule has 92 valence electrons. The lowest BCUT2D eigenvalue weighted by Crippen LogP contribution is -2.03. The van der Waals surface area contributed by atoms with E-state index in [0.717, 1.165) is 11.6 Å². The molecule has 4 heteroatoms. The quantitative estimate of drug-likeness (QED) is 0.899. The maximum atomic E-state index is 13.4. The maximum absolute atomic E-state index is 13.4. The minimum Gasteiger partial charge on any atom is -0.477 e. The van der Waals surface area contributed by atoms with Crippen LogP contribution in [0.25, 0.3) is 0 Å². The van der Waals surface area contributed by atoms with Crippen LogP contribution in [0.1, 0.15) is 15.9 Å². The van der Waals surface area contributed by atoms with Gasteiger partial charge in [-0.25, -0.2) is 9.18 Å². The van der Waals surface area contributed by atoms with E-state index in [9.17, 15) is 9.18 Å². The molecule has 3 nitrogen and oxygen atoms in total. The Bertz CT molecular complexity index is 593. The number of ether oxygens (including phenoxy) is 1. The second-order valence-corrected chi connectivity index (χ2v) is 3.84. The van der Waals surface area contributed by atoms with Crippen LogP contribution in [0, 0.1) is 12.7 Å². The van der Waals surface area contributed by atoms with Crippen LogP contribution < -0.4 is 4.74 Å². The van der Waals surface area contributed by atoms with Crippen LogP contribution in [0.5, 0.6) is 11.5 Å². The zero-order valence-corrected chi connectivity index (χ0v) is 9.68. The van der Waals surface area contributed by atoms with Gasteiger partial charge in [-0.1, -0.05) is 18.2 Å². The van der Waals surface area contributed by atoms with E-state index in [4.69, 9.17) is 9.84 Å². The molecule has 0 aromatic heterocycles. The highest BCUT2D eigenvalue weighted by atomic mass is 19.1. The summed E-state index contributed by atoms with van der Waals surface area (Å²) in [5, 5.41) is 8.96. The molecule has 0 aliphatic heterocycles. The number of halogens is 1. The van der Waals surface area contributed by atoms with E-state index in [1.807, 2.05) is 13.0 Å². The summed E-state index contributed by atoms with van der Waals surface area (Å²) in [4.78, 5) is 11.0. The van der Waals surface area contributed by atoms with Crippen LogP contribution in [-0.2, 0) is 0 Å². The molecule has 0 saturated carbocycles. The Morgan fingerprint density at radius 2 is 1.94 bits per heavy atom. The van der Waals surface area contributed by atoms with Crippen molar-refractivity contribution in [2.24, 2.45) is 0 Å². The van der Waals surface area contributed by atoms with Gasteiger partial charge in [0, 0.05) is 0 Å². The third-order valence-corrected chi connectivity index (χ3v) is 2.41. The molecule has 0 bridgehead atoms. The summed E-state index contributed by atoms with van der Waals surface area (Å²) < 4.78 is 18.8. The van der Waals surface area contributed by atoms with E-state index in [0.29, 0.717) is 5.75 Å². The topological polar surface area (TPSA) is 46.5 Å². The van der Waals surface area contributed by atoms with Crippen molar-refractivity contribution in [2.75, 3.05) is 0 Å². The van der Waals surface area contributed by atoms with Gasteiger partial charge >= 0.3 is 5.97 Å². The molecule has 0 atom stereocenters. The highest BCUT2D eigenvalue weighted by Gasteiger charge is 2.17. The number of carbonyl (C=O) groups is 1. The second kappa shape index (κ2) is 4.87. The Morgan fingerprint density at radius 1 is 1.22 bits per heavy atom. The first-order valence-corrected chi connectivity index (χ1v) is 5.34. The molecule has 0 aliphatic rings. The van der Waals surface area contributed by atoms with Gasteiger partial charge in [-0.15, -0.1) is 0 Å². The monoisotopic (exact) mass is 246 g/mol. The molecule has 0 spiro atoms. The highest BCUT2D eigenvalue weighted by molar-refractivity contribution is 5.91. The lowest BCUT2D eigenvalue weighted by Gasteiger charge is -2.09. The first-order chi connectivity index (χ1) is 8.58. The van der Waals surface area contributed by atoms with Gasteiger partial charge in [0.1, 0.15) is 22.9 Å². The Labute approximate surface area is 103 Å². The van der Waals surface area contributed by atoms with Gasteiger partial charge in [0.25, 0.3) is 0 Å². The molecule has 0 fully saturated rings. The molecule has 18 heavy (non-hydrogen) atoms. The molecule has 2 rings (SSSR count). The maximum Gasteiger partial charge on any atom is 0.342 e. The van der Waals surface area contributed by atoms with Gasteiger partial charge in [-0.2, -0.15) is 0 Å². The van der Waals surface area contributed by atoms with Crippen molar-refractivity contribution in [3.63, 3.8) is 0 Å². The lowest BCUT2D eigenvalue weighted by molar-refractivity contribution is 0.0689. The second-order valence-electron chi connectivity index (χ2n) is 3.84. The zero-order chi connectivity index (χ0) is 13.1. The van der Waals surface area contributed by atoms with E-state index < -0.39 is 17.3 Å². The fraction of sp³-hybridized carbons (Fsp3) is 0.0714. The third-order valence-electron chi connectivity index (χ3n) is 2.41. The number of hydrogen-bond donors (Lipinski definition) is 1. The number of carboxylic acids is 1. The Kier molecular flexibility index (Phi) is 3.28. The van der Waals surface area contributed by atoms with E-state index in [1.54, 1.807) is 18.2 Å². The van der Waals surface area contributed by atoms with E-state index in [2.05, 4.69) is 0 Å². The summed E-state index contributed by atoms with van der Waals surface area (Å²) >= 11 is 0. The molecular formula is C14H11FO3. The van der Waals surface area contributed by atoms with Gasteiger partial charge < -0.3 is 9.84 Å². The molecule has 0 unspecified atom stereocenters. The number of benzene rings is 2. The molecular weight excluding hydrogens is 235 g/mol. The van der Waals surface area contributed by atoms with E-state index >= 15 is 0 Å². The minimum atomic E-state index is -1.35. The van der Waals surface area contributed by atoms with Crippen LogP contribution >= 0.6 is 0 Å². The van der Waals surface area contributed by atoms with Crippen LogP contribution in [-0.4, -0.2) is 11.1 Å². The number of carboxylic acid groups (broad SMARTS) is 1. The van der Waals surface area contributed by atoms with Crippen molar-refractivity contribution in [3.05, 3.63) is 59.4 Å². The molecule has 0 radical (unpaired) electrons. The SMILES string of the molecule is Cc1cccc(Oc2cccc(F)c2C(=O)O)c1. The van der Waals surface area contributed by atoms with Crippen LogP contribution in [0.3, 0.4) is 0 Å². The fourth-order valence-electron chi connectivity index (χ4n) is 1.60. The highest BCUT2D eigenvalue weighted by Crippen LogP contribution is 2.27.